The molecule has 0 radical (unpaired) electrons. The first-order valence-corrected chi connectivity index (χ1v) is 12.0. The van der Waals surface area contributed by atoms with Gasteiger partial charge in [-0.2, -0.15) is 0 Å². The molecule has 0 spiro atoms. The van der Waals surface area contributed by atoms with E-state index in [1.807, 2.05) is 16.7 Å². The van der Waals surface area contributed by atoms with Crippen molar-refractivity contribution < 1.29 is 9.59 Å². The van der Waals surface area contributed by atoms with Crippen molar-refractivity contribution in [1.82, 2.24) is 19.9 Å². The van der Waals surface area contributed by atoms with Gasteiger partial charge in [-0.25, -0.2) is 9.97 Å². The summed E-state index contributed by atoms with van der Waals surface area (Å²) < 4.78 is 0. The van der Waals surface area contributed by atoms with Crippen molar-refractivity contribution in [3.05, 3.63) is 47.2 Å². The molecule has 1 saturated heterocycles. The Bertz CT molecular complexity index is 1000. The van der Waals surface area contributed by atoms with E-state index in [9.17, 15) is 9.59 Å². The SMILES string of the molecule is Cc1nc([C@@H]2CCCCN2C(=O)c2cccnc2)nc2c1CC(=O)N2CC1CCCCC1. The normalized spacial score (nSPS) is 21.7. The maximum atomic E-state index is 13.2. The smallest absolute Gasteiger partial charge is 0.256 e. The summed E-state index contributed by atoms with van der Waals surface area (Å²) in [6, 6.07) is 3.42. The number of amides is 2. The largest absolute Gasteiger partial charge is 0.328 e. The zero-order valence-electron chi connectivity index (χ0n) is 18.8. The van der Waals surface area contributed by atoms with Crippen LogP contribution in [0.1, 0.15) is 84.8 Å². The standard InChI is InChI=1S/C25H31N5O2/c1-17-20-14-22(31)30(16-18-8-3-2-4-9-18)24(20)28-23(27-17)21-11-5-6-13-29(21)25(32)19-10-7-12-26-15-19/h7,10,12,15,18,21H,2-6,8-9,11,13-14,16H2,1H3/t21-/m0/s1. The van der Waals surface area contributed by atoms with Crippen LogP contribution in [-0.4, -0.2) is 44.8 Å². The number of aryl methyl sites for hydroxylation is 1. The lowest BCUT2D eigenvalue weighted by atomic mass is 9.89. The molecular formula is C25H31N5O2. The van der Waals surface area contributed by atoms with E-state index in [0.29, 0.717) is 30.3 Å². The van der Waals surface area contributed by atoms with Gasteiger partial charge in [0.2, 0.25) is 5.91 Å². The summed E-state index contributed by atoms with van der Waals surface area (Å²) in [6.45, 7) is 3.41. The van der Waals surface area contributed by atoms with Crippen molar-refractivity contribution in [3.63, 3.8) is 0 Å². The van der Waals surface area contributed by atoms with Gasteiger partial charge in [-0.3, -0.25) is 19.5 Å². The first-order chi connectivity index (χ1) is 15.6. The minimum absolute atomic E-state index is 0.0281. The van der Waals surface area contributed by atoms with Crippen LogP contribution in [0.4, 0.5) is 5.82 Å². The second kappa shape index (κ2) is 8.96. The molecule has 0 aromatic carbocycles. The lowest BCUT2D eigenvalue weighted by Crippen LogP contribution is -2.39. The van der Waals surface area contributed by atoms with E-state index >= 15 is 0 Å². The molecule has 2 aromatic heterocycles. The number of likely N-dealkylation sites (tertiary alicyclic amines) is 1. The van der Waals surface area contributed by atoms with E-state index in [0.717, 1.165) is 42.9 Å². The summed E-state index contributed by atoms with van der Waals surface area (Å²) in [4.78, 5) is 43.8. The van der Waals surface area contributed by atoms with Gasteiger partial charge in [0, 0.05) is 36.7 Å². The van der Waals surface area contributed by atoms with Gasteiger partial charge in [-0.15, -0.1) is 0 Å². The summed E-state index contributed by atoms with van der Waals surface area (Å²) in [6.07, 6.45) is 12.7. The number of anilines is 1. The molecule has 2 aromatic rings. The highest BCUT2D eigenvalue weighted by atomic mass is 16.2. The first-order valence-electron chi connectivity index (χ1n) is 12.0. The van der Waals surface area contributed by atoms with Gasteiger partial charge in [0.15, 0.2) is 5.82 Å². The molecule has 2 aliphatic heterocycles. The van der Waals surface area contributed by atoms with Gasteiger partial charge in [-0.05, 0) is 57.1 Å². The van der Waals surface area contributed by atoms with Crippen LogP contribution in [0.2, 0.25) is 0 Å². The Morgan fingerprint density at radius 1 is 1.09 bits per heavy atom. The molecule has 5 rings (SSSR count). The second-order valence-corrected chi connectivity index (χ2v) is 9.41. The summed E-state index contributed by atoms with van der Waals surface area (Å²) in [5.74, 6) is 2.10. The van der Waals surface area contributed by atoms with E-state index in [-0.39, 0.29) is 17.9 Å². The van der Waals surface area contributed by atoms with Crippen LogP contribution >= 0.6 is 0 Å². The quantitative estimate of drug-likeness (QED) is 0.728. The van der Waals surface area contributed by atoms with Crippen molar-refractivity contribution in [1.29, 1.82) is 0 Å². The summed E-state index contributed by atoms with van der Waals surface area (Å²) in [5, 5.41) is 0. The number of carbonyl (C=O) groups is 2. The molecule has 2 fully saturated rings. The molecule has 3 aliphatic rings. The molecule has 2 amide bonds. The molecule has 168 valence electrons. The van der Waals surface area contributed by atoms with Crippen LogP contribution < -0.4 is 4.90 Å². The van der Waals surface area contributed by atoms with Crippen molar-refractivity contribution in [3.8, 4) is 0 Å². The van der Waals surface area contributed by atoms with Crippen LogP contribution in [0.3, 0.4) is 0 Å². The Morgan fingerprint density at radius 2 is 1.91 bits per heavy atom. The average molecular weight is 434 g/mol. The Kier molecular flexibility index (Phi) is 5.89. The number of fused-ring (bicyclic) bond motifs is 1. The Labute approximate surface area is 189 Å². The average Bonchev–Trinajstić information content (AvgIpc) is 3.15. The minimum atomic E-state index is -0.173. The highest BCUT2D eigenvalue weighted by molar-refractivity contribution is 6.00. The van der Waals surface area contributed by atoms with Crippen molar-refractivity contribution in [2.75, 3.05) is 18.0 Å². The van der Waals surface area contributed by atoms with Crippen LogP contribution in [-0.2, 0) is 11.2 Å². The van der Waals surface area contributed by atoms with Crippen LogP contribution in [0, 0.1) is 12.8 Å². The van der Waals surface area contributed by atoms with Crippen molar-refractivity contribution in [2.45, 2.75) is 70.8 Å². The number of nitrogens with zero attached hydrogens (tertiary/aromatic N) is 5. The molecule has 7 nitrogen and oxygen atoms in total. The number of hydrogen-bond donors (Lipinski definition) is 0. The molecule has 1 saturated carbocycles. The Morgan fingerprint density at radius 3 is 2.69 bits per heavy atom. The Hall–Kier alpha value is -2.83. The highest BCUT2D eigenvalue weighted by Gasteiger charge is 2.36. The summed E-state index contributed by atoms with van der Waals surface area (Å²) in [5.41, 5.74) is 2.41. The summed E-state index contributed by atoms with van der Waals surface area (Å²) >= 11 is 0. The predicted molar refractivity (Wildman–Crippen MR) is 121 cm³/mol. The van der Waals surface area contributed by atoms with Crippen molar-refractivity contribution in [2.24, 2.45) is 5.92 Å². The lowest BCUT2D eigenvalue weighted by molar-refractivity contribution is -0.117. The topological polar surface area (TPSA) is 79.3 Å². The first kappa shape index (κ1) is 21.0. The fourth-order valence-electron chi connectivity index (χ4n) is 5.46. The molecule has 0 bridgehead atoms. The molecular weight excluding hydrogens is 402 g/mol. The van der Waals surface area contributed by atoms with E-state index in [1.54, 1.807) is 24.5 Å². The van der Waals surface area contributed by atoms with Crippen LogP contribution in [0.15, 0.2) is 24.5 Å². The van der Waals surface area contributed by atoms with E-state index < -0.39 is 0 Å². The van der Waals surface area contributed by atoms with Crippen molar-refractivity contribution >= 4 is 17.6 Å². The number of hydrogen-bond acceptors (Lipinski definition) is 5. The van der Waals surface area contributed by atoms with E-state index in [1.165, 1.54) is 32.1 Å². The molecule has 0 unspecified atom stereocenters. The zero-order valence-corrected chi connectivity index (χ0v) is 18.8. The molecule has 32 heavy (non-hydrogen) atoms. The number of piperidine rings is 1. The molecule has 4 heterocycles. The number of pyridine rings is 1. The monoisotopic (exact) mass is 433 g/mol. The third kappa shape index (κ3) is 4.00. The van der Waals surface area contributed by atoms with Crippen LogP contribution in [0.25, 0.3) is 0 Å². The summed E-state index contributed by atoms with van der Waals surface area (Å²) in [7, 11) is 0. The maximum absolute atomic E-state index is 13.2. The third-order valence-electron chi connectivity index (χ3n) is 7.23. The molecule has 1 aliphatic carbocycles. The minimum Gasteiger partial charge on any atom is -0.328 e. The third-order valence-corrected chi connectivity index (χ3v) is 7.23. The predicted octanol–water partition coefficient (Wildman–Crippen LogP) is 4.02. The van der Waals surface area contributed by atoms with Gasteiger partial charge in [-0.1, -0.05) is 19.3 Å². The number of rotatable bonds is 4. The second-order valence-electron chi connectivity index (χ2n) is 9.41. The van der Waals surface area contributed by atoms with E-state index in [4.69, 9.17) is 9.97 Å². The highest BCUT2D eigenvalue weighted by Crippen LogP contribution is 2.36. The molecule has 1 atom stereocenters. The van der Waals surface area contributed by atoms with Gasteiger partial charge in [0.1, 0.15) is 5.82 Å². The number of aromatic nitrogens is 3. The van der Waals surface area contributed by atoms with Crippen LogP contribution in [0.5, 0.6) is 0 Å². The molecule has 7 heteroatoms. The maximum Gasteiger partial charge on any atom is 0.256 e. The lowest BCUT2D eigenvalue weighted by Gasteiger charge is -2.35. The number of carbonyl (C=O) groups excluding carboxylic acids is 2. The van der Waals surface area contributed by atoms with Gasteiger partial charge < -0.3 is 4.90 Å². The molecule has 0 N–H and O–H groups in total. The fourth-order valence-corrected chi connectivity index (χ4v) is 5.46. The van der Waals surface area contributed by atoms with Gasteiger partial charge in [0.25, 0.3) is 5.91 Å². The van der Waals surface area contributed by atoms with Gasteiger partial charge >= 0.3 is 0 Å². The Balaban J connectivity index is 1.45. The van der Waals surface area contributed by atoms with E-state index in [2.05, 4.69) is 4.98 Å². The zero-order chi connectivity index (χ0) is 22.1. The fraction of sp³-hybridized carbons (Fsp3) is 0.560. The van der Waals surface area contributed by atoms with Gasteiger partial charge in [0.05, 0.1) is 18.0 Å².